The maximum absolute atomic E-state index is 12.7. The van der Waals surface area contributed by atoms with Crippen LogP contribution in [-0.2, 0) is 29.8 Å². The Balaban J connectivity index is 1.95. The lowest BCUT2D eigenvalue weighted by atomic mass is 9.91. The average molecular weight is 426 g/mol. The number of nitrogens with one attached hydrogen (secondary N) is 2. The van der Waals surface area contributed by atoms with Gasteiger partial charge in [-0.3, -0.25) is 9.36 Å². The van der Waals surface area contributed by atoms with E-state index in [1.807, 2.05) is 30.3 Å². The number of Topliss-reactive ketones (excluding diaryl/α,β-unsaturated/α-hetero) is 1. The van der Waals surface area contributed by atoms with E-state index in [-0.39, 0.29) is 12.4 Å². The van der Waals surface area contributed by atoms with Gasteiger partial charge in [0.15, 0.2) is 5.78 Å². The Morgan fingerprint density at radius 1 is 1.17 bits per heavy atom. The van der Waals surface area contributed by atoms with E-state index in [0.29, 0.717) is 12.3 Å². The van der Waals surface area contributed by atoms with Gasteiger partial charge in [-0.2, -0.15) is 0 Å². The molecule has 1 saturated heterocycles. The SMILES string of the molecule is COP(=O)(CC(=O)C(CCC1CCNCC1)NC(=O)OCc1ccccc1)OC. The molecule has 0 bridgehead atoms. The Morgan fingerprint density at radius 2 is 1.83 bits per heavy atom. The summed E-state index contributed by atoms with van der Waals surface area (Å²) in [5.41, 5.74) is 0.850. The molecule has 1 aromatic rings. The summed E-state index contributed by atoms with van der Waals surface area (Å²) in [4.78, 5) is 25.0. The van der Waals surface area contributed by atoms with Crippen molar-refractivity contribution in [2.75, 3.05) is 33.5 Å². The van der Waals surface area contributed by atoms with Crippen LogP contribution in [0.2, 0.25) is 0 Å². The van der Waals surface area contributed by atoms with Crippen LogP contribution in [0.3, 0.4) is 0 Å². The average Bonchev–Trinajstić information content (AvgIpc) is 2.76. The molecule has 1 heterocycles. The van der Waals surface area contributed by atoms with Crippen LogP contribution in [0, 0.1) is 5.92 Å². The van der Waals surface area contributed by atoms with E-state index in [4.69, 9.17) is 13.8 Å². The standard InChI is InChI=1S/C20H31N2O6P/c1-26-29(25,27-2)15-19(23)18(9-8-16-10-12-21-13-11-16)22-20(24)28-14-17-6-4-3-5-7-17/h3-7,16,18,21H,8-15H2,1-2H3,(H,22,24). The van der Waals surface area contributed by atoms with E-state index < -0.39 is 25.9 Å². The Morgan fingerprint density at radius 3 is 2.45 bits per heavy atom. The maximum Gasteiger partial charge on any atom is 0.408 e. The number of rotatable bonds is 11. The normalized spacial score (nSPS) is 16.2. The zero-order chi connectivity index (χ0) is 21.1. The highest BCUT2D eigenvalue weighted by Gasteiger charge is 2.31. The molecule has 2 N–H and O–H groups in total. The van der Waals surface area contributed by atoms with Crippen molar-refractivity contribution in [2.45, 2.75) is 38.3 Å². The fourth-order valence-electron chi connectivity index (χ4n) is 3.30. The van der Waals surface area contributed by atoms with Gasteiger partial charge >= 0.3 is 13.7 Å². The molecule has 0 saturated carbocycles. The quantitative estimate of drug-likeness (QED) is 0.524. The first-order valence-electron chi connectivity index (χ1n) is 9.87. The molecule has 0 aliphatic carbocycles. The number of piperidine rings is 1. The predicted molar refractivity (Wildman–Crippen MR) is 110 cm³/mol. The van der Waals surface area contributed by atoms with Gasteiger partial charge in [-0.05, 0) is 50.3 Å². The topological polar surface area (TPSA) is 103 Å². The van der Waals surface area contributed by atoms with E-state index >= 15 is 0 Å². The van der Waals surface area contributed by atoms with Crippen LogP contribution < -0.4 is 10.6 Å². The number of benzene rings is 1. The number of carbonyl (C=O) groups excluding carboxylic acids is 2. The number of hydrogen-bond acceptors (Lipinski definition) is 7. The number of ketones is 1. The molecule has 0 radical (unpaired) electrons. The number of alkyl carbamates (subject to hydrolysis) is 1. The molecule has 1 amide bonds. The molecule has 1 atom stereocenters. The lowest BCUT2D eigenvalue weighted by Gasteiger charge is -2.25. The second kappa shape index (κ2) is 12.1. The predicted octanol–water partition coefficient (Wildman–Crippen LogP) is 3.12. The first-order chi connectivity index (χ1) is 14.0. The highest BCUT2D eigenvalue weighted by Crippen LogP contribution is 2.46. The molecule has 1 aliphatic heterocycles. The van der Waals surface area contributed by atoms with Crippen molar-refractivity contribution in [2.24, 2.45) is 5.92 Å². The Bertz CT molecular complexity index is 685. The van der Waals surface area contributed by atoms with Gasteiger partial charge in [0.25, 0.3) is 0 Å². The minimum atomic E-state index is -3.51. The third-order valence-electron chi connectivity index (χ3n) is 5.12. The van der Waals surface area contributed by atoms with Gasteiger partial charge in [0, 0.05) is 14.2 Å². The monoisotopic (exact) mass is 426 g/mol. The highest BCUT2D eigenvalue weighted by molar-refractivity contribution is 7.54. The molecule has 1 aliphatic rings. The van der Waals surface area contributed by atoms with Gasteiger partial charge in [0.2, 0.25) is 0 Å². The highest BCUT2D eigenvalue weighted by atomic mass is 31.2. The minimum Gasteiger partial charge on any atom is -0.445 e. The first kappa shape index (κ1) is 23.5. The summed E-state index contributed by atoms with van der Waals surface area (Å²) in [5.74, 6) is 0.105. The molecule has 1 aromatic carbocycles. The van der Waals surface area contributed by atoms with Crippen LogP contribution in [0.1, 0.15) is 31.2 Å². The van der Waals surface area contributed by atoms with Crippen LogP contribution in [-0.4, -0.2) is 51.4 Å². The van der Waals surface area contributed by atoms with Gasteiger partial charge in [0.05, 0.1) is 6.04 Å². The summed E-state index contributed by atoms with van der Waals surface area (Å²) in [6, 6.07) is 8.49. The van der Waals surface area contributed by atoms with E-state index in [9.17, 15) is 14.2 Å². The molecular weight excluding hydrogens is 395 g/mol. The number of amides is 1. The van der Waals surface area contributed by atoms with Crippen LogP contribution in [0.5, 0.6) is 0 Å². The molecule has 2 rings (SSSR count). The summed E-state index contributed by atoms with van der Waals surface area (Å²) >= 11 is 0. The molecule has 8 nitrogen and oxygen atoms in total. The molecule has 29 heavy (non-hydrogen) atoms. The van der Waals surface area contributed by atoms with E-state index in [1.165, 1.54) is 14.2 Å². The molecule has 1 unspecified atom stereocenters. The van der Waals surface area contributed by atoms with Crippen LogP contribution in [0.25, 0.3) is 0 Å². The zero-order valence-electron chi connectivity index (χ0n) is 17.1. The fraction of sp³-hybridized carbons (Fsp3) is 0.600. The number of hydrogen-bond donors (Lipinski definition) is 2. The van der Waals surface area contributed by atoms with Crippen LogP contribution in [0.15, 0.2) is 30.3 Å². The molecule has 0 spiro atoms. The van der Waals surface area contributed by atoms with Crippen LogP contribution in [0.4, 0.5) is 4.79 Å². The largest absolute Gasteiger partial charge is 0.445 e. The van der Waals surface area contributed by atoms with E-state index in [0.717, 1.165) is 37.9 Å². The maximum atomic E-state index is 12.7. The van der Waals surface area contributed by atoms with Crippen molar-refractivity contribution in [3.63, 3.8) is 0 Å². The van der Waals surface area contributed by atoms with Gasteiger partial charge < -0.3 is 24.4 Å². The van der Waals surface area contributed by atoms with Gasteiger partial charge in [0.1, 0.15) is 12.8 Å². The number of ether oxygens (including phenoxy) is 1. The van der Waals surface area contributed by atoms with E-state index in [1.54, 1.807) is 0 Å². The van der Waals surface area contributed by atoms with Gasteiger partial charge in [-0.1, -0.05) is 30.3 Å². The second-order valence-electron chi connectivity index (χ2n) is 7.13. The van der Waals surface area contributed by atoms with Crippen molar-refractivity contribution in [1.29, 1.82) is 0 Å². The first-order valence-corrected chi connectivity index (χ1v) is 11.6. The number of carbonyl (C=O) groups is 2. The lowest BCUT2D eigenvalue weighted by molar-refractivity contribution is -0.119. The Kier molecular flexibility index (Phi) is 9.81. The summed E-state index contributed by atoms with van der Waals surface area (Å²) in [7, 11) is -1.03. The third kappa shape index (κ3) is 8.26. The van der Waals surface area contributed by atoms with Crippen molar-refractivity contribution < 1.29 is 27.9 Å². The molecule has 9 heteroatoms. The third-order valence-corrected chi connectivity index (χ3v) is 6.93. The summed E-state index contributed by atoms with van der Waals surface area (Å²) in [5, 5.41) is 5.95. The molecule has 0 aromatic heterocycles. The Labute approximate surface area is 172 Å². The van der Waals surface area contributed by atoms with Gasteiger partial charge in [-0.25, -0.2) is 4.79 Å². The Hall–Kier alpha value is -1.73. The van der Waals surface area contributed by atoms with Crippen molar-refractivity contribution in [3.8, 4) is 0 Å². The van der Waals surface area contributed by atoms with Gasteiger partial charge in [-0.15, -0.1) is 0 Å². The summed E-state index contributed by atoms with van der Waals surface area (Å²) in [6.45, 7) is 2.02. The second-order valence-corrected chi connectivity index (χ2v) is 9.40. The summed E-state index contributed by atoms with van der Waals surface area (Å²) in [6.07, 6.45) is 2.25. The molecular formula is C20H31N2O6P. The van der Waals surface area contributed by atoms with Crippen molar-refractivity contribution in [3.05, 3.63) is 35.9 Å². The van der Waals surface area contributed by atoms with Crippen LogP contribution >= 0.6 is 7.60 Å². The zero-order valence-corrected chi connectivity index (χ0v) is 18.0. The minimum absolute atomic E-state index is 0.108. The smallest absolute Gasteiger partial charge is 0.408 e. The molecule has 162 valence electrons. The fourth-order valence-corrected chi connectivity index (χ4v) is 4.31. The summed E-state index contributed by atoms with van der Waals surface area (Å²) < 4.78 is 27.3. The van der Waals surface area contributed by atoms with E-state index in [2.05, 4.69) is 10.6 Å². The van der Waals surface area contributed by atoms with Crippen molar-refractivity contribution in [1.82, 2.24) is 10.6 Å². The lowest BCUT2D eigenvalue weighted by Crippen LogP contribution is -2.43. The molecule has 1 fully saturated rings. The van der Waals surface area contributed by atoms with Crippen molar-refractivity contribution >= 4 is 19.5 Å².